The van der Waals surface area contributed by atoms with Gasteiger partial charge >= 0.3 is 0 Å². The number of aromatic nitrogens is 5. The fraction of sp³-hybridized carbons (Fsp3) is 0.550. The third-order valence-electron chi connectivity index (χ3n) is 6.06. The summed E-state index contributed by atoms with van der Waals surface area (Å²) in [7, 11) is 0. The molecule has 0 aromatic carbocycles. The number of carbonyl (C=O) groups is 1. The molecule has 0 saturated carbocycles. The van der Waals surface area contributed by atoms with Gasteiger partial charge in [0, 0.05) is 36.3 Å². The van der Waals surface area contributed by atoms with Gasteiger partial charge in [0.2, 0.25) is 0 Å². The Morgan fingerprint density at radius 1 is 1.38 bits per heavy atom. The van der Waals surface area contributed by atoms with Crippen molar-refractivity contribution in [2.75, 3.05) is 13.1 Å². The normalized spacial score (nSPS) is 21.9. The van der Waals surface area contributed by atoms with E-state index in [1.54, 1.807) is 0 Å². The Bertz CT molecular complexity index is 1040. The maximum atomic E-state index is 13.3. The lowest BCUT2D eigenvalue weighted by Crippen LogP contribution is -2.40. The molecule has 2 aliphatic rings. The highest BCUT2D eigenvalue weighted by Gasteiger charge is 2.33. The molecule has 5 rings (SSSR count). The Labute approximate surface area is 172 Å². The monoisotopic (exact) mass is 412 g/mol. The number of fused-ring (bicyclic) bond motifs is 1. The van der Waals surface area contributed by atoms with Crippen LogP contribution in [0.15, 0.2) is 10.6 Å². The number of nitrogens with zero attached hydrogens (tertiary/aromatic N) is 5. The van der Waals surface area contributed by atoms with Crippen molar-refractivity contribution in [3.05, 3.63) is 34.4 Å². The number of H-pyrrole nitrogens is 1. The number of carbonyl (C=O) groups excluding carboxylic acids is 1. The van der Waals surface area contributed by atoms with E-state index in [4.69, 9.17) is 4.52 Å². The molecule has 152 valence electrons. The number of hydrogen-bond acceptors (Lipinski definition) is 7. The number of hydrogen-bond donors (Lipinski definition) is 1. The van der Waals surface area contributed by atoms with Crippen molar-refractivity contribution in [2.45, 2.75) is 51.9 Å². The molecule has 29 heavy (non-hydrogen) atoms. The van der Waals surface area contributed by atoms with Crippen LogP contribution in [0.25, 0.3) is 10.6 Å². The molecule has 2 atom stereocenters. The number of nitrogens with one attached hydrogen (secondary N) is 1. The SMILES string of the molecule is Cc1cc(-c2snnc2[C@@H]2CCCN(C(=O)c3n[nH]c4c3C[C@H](C)CC4)C2)on1. The van der Waals surface area contributed by atoms with Crippen LogP contribution in [-0.2, 0) is 12.8 Å². The van der Waals surface area contributed by atoms with E-state index in [0.717, 1.165) is 66.2 Å². The molecule has 0 bridgehead atoms. The van der Waals surface area contributed by atoms with Crippen LogP contribution < -0.4 is 0 Å². The zero-order valence-electron chi connectivity index (χ0n) is 16.6. The van der Waals surface area contributed by atoms with Crippen LogP contribution in [0.2, 0.25) is 0 Å². The lowest BCUT2D eigenvalue weighted by Gasteiger charge is -2.32. The smallest absolute Gasteiger partial charge is 0.274 e. The van der Waals surface area contributed by atoms with Crippen LogP contribution in [0.4, 0.5) is 0 Å². The molecule has 0 spiro atoms. The Balaban J connectivity index is 1.38. The third-order valence-corrected chi connectivity index (χ3v) is 6.81. The molecule has 1 aliphatic carbocycles. The third kappa shape index (κ3) is 3.37. The van der Waals surface area contributed by atoms with E-state index in [1.807, 2.05) is 17.9 Å². The molecule has 4 heterocycles. The van der Waals surface area contributed by atoms with Crippen molar-refractivity contribution >= 4 is 17.4 Å². The summed E-state index contributed by atoms with van der Waals surface area (Å²) in [6.45, 7) is 5.51. The average molecular weight is 413 g/mol. The summed E-state index contributed by atoms with van der Waals surface area (Å²) in [4.78, 5) is 16.1. The highest BCUT2D eigenvalue weighted by atomic mass is 32.1. The van der Waals surface area contributed by atoms with Gasteiger partial charge in [0.05, 0.1) is 11.4 Å². The predicted octanol–water partition coefficient (Wildman–Crippen LogP) is 3.37. The minimum absolute atomic E-state index is 0.0292. The molecule has 1 amide bonds. The van der Waals surface area contributed by atoms with E-state index < -0.39 is 0 Å². The van der Waals surface area contributed by atoms with E-state index in [0.29, 0.717) is 23.9 Å². The van der Waals surface area contributed by atoms with Crippen LogP contribution in [-0.4, -0.2) is 48.8 Å². The number of rotatable bonds is 3. The van der Waals surface area contributed by atoms with Gasteiger partial charge in [-0.3, -0.25) is 9.89 Å². The molecular formula is C20H24N6O2S. The fourth-order valence-corrected chi connectivity index (χ4v) is 5.18. The number of aryl methyl sites for hydroxylation is 2. The first-order valence-electron chi connectivity index (χ1n) is 10.2. The summed E-state index contributed by atoms with van der Waals surface area (Å²) in [6, 6.07) is 1.90. The first-order valence-corrected chi connectivity index (χ1v) is 11.0. The molecule has 1 N–H and O–H groups in total. The Hall–Kier alpha value is -2.55. The Kier molecular flexibility index (Phi) is 4.69. The molecule has 1 saturated heterocycles. The van der Waals surface area contributed by atoms with Crippen LogP contribution in [0.5, 0.6) is 0 Å². The summed E-state index contributed by atoms with van der Waals surface area (Å²) >= 11 is 1.32. The van der Waals surface area contributed by atoms with E-state index in [9.17, 15) is 4.79 Å². The second-order valence-corrected chi connectivity index (χ2v) is 9.04. The number of likely N-dealkylation sites (tertiary alicyclic amines) is 1. The van der Waals surface area contributed by atoms with Crippen LogP contribution in [0.3, 0.4) is 0 Å². The molecule has 0 unspecified atom stereocenters. The van der Waals surface area contributed by atoms with Gasteiger partial charge in [-0.25, -0.2) is 0 Å². The summed E-state index contributed by atoms with van der Waals surface area (Å²) in [5, 5.41) is 15.9. The number of aromatic amines is 1. The van der Waals surface area contributed by atoms with Gasteiger partial charge in [0.1, 0.15) is 4.88 Å². The van der Waals surface area contributed by atoms with Gasteiger partial charge in [-0.2, -0.15) is 5.10 Å². The van der Waals surface area contributed by atoms with Crippen molar-refractivity contribution in [3.63, 3.8) is 0 Å². The summed E-state index contributed by atoms with van der Waals surface area (Å²) < 4.78 is 9.58. The molecule has 9 heteroatoms. The first-order chi connectivity index (χ1) is 14.1. The molecule has 1 aliphatic heterocycles. The van der Waals surface area contributed by atoms with E-state index in [2.05, 4.69) is 31.9 Å². The van der Waals surface area contributed by atoms with Crippen molar-refractivity contribution < 1.29 is 9.32 Å². The molecule has 1 fully saturated rings. The lowest BCUT2D eigenvalue weighted by atomic mass is 9.87. The van der Waals surface area contributed by atoms with Crippen LogP contribution in [0.1, 0.15) is 65.2 Å². The van der Waals surface area contributed by atoms with Crippen molar-refractivity contribution in [3.8, 4) is 10.6 Å². The van der Waals surface area contributed by atoms with E-state index in [1.165, 1.54) is 11.5 Å². The molecular weight excluding hydrogens is 388 g/mol. The second-order valence-electron chi connectivity index (χ2n) is 8.29. The summed E-state index contributed by atoms with van der Waals surface area (Å²) in [5.74, 6) is 1.46. The van der Waals surface area contributed by atoms with Gasteiger partial charge < -0.3 is 9.42 Å². The Morgan fingerprint density at radius 3 is 3.10 bits per heavy atom. The minimum atomic E-state index is 0.0292. The standard InChI is InChI=1S/C20H24N6O2S/c1-11-5-6-15-14(8-11)18(22-21-15)20(27)26-7-3-4-13(10-26)17-19(29-25-23-17)16-9-12(2)24-28-16/h9,11,13H,3-8,10H2,1-2H3,(H,21,22)/t11-,13-/m1/s1. The quantitative estimate of drug-likeness (QED) is 0.708. The van der Waals surface area contributed by atoms with Crippen LogP contribution >= 0.6 is 11.5 Å². The highest BCUT2D eigenvalue weighted by Crippen LogP contribution is 2.36. The summed E-state index contributed by atoms with van der Waals surface area (Å²) in [6.07, 6.45) is 4.96. The zero-order valence-corrected chi connectivity index (χ0v) is 17.5. The fourth-order valence-electron chi connectivity index (χ4n) is 4.49. The first kappa shape index (κ1) is 18.5. The van der Waals surface area contributed by atoms with Gasteiger partial charge in [0.15, 0.2) is 11.5 Å². The minimum Gasteiger partial charge on any atom is -0.355 e. The van der Waals surface area contributed by atoms with Gasteiger partial charge in [-0.15, -0.1) is 5.10 Å². The second kappa shape index (κ2) is 7.37. The number of amides is 1. The van der Waals surface area contributed by atoms with E-state index >= 15 is 0 Å². The van der Waals surface area contributed by atoms with Gasteiger partial charge in [-0.1, -0.05) is 16.6 Å². The summed E-state index contributed by atoms with van der Waals surface area (Å²) in [5.41, 5.74) is 4.59. The van der Waals surface area contributed by atoms with Crippen molar-refractivity contribution in [1.82, 2.24) is 29.8 Å². The van der Waals surface area contributed by atoms with Crippen molar-refractivity contribution in [2.24, 2.45) is 5.92 Å². The molecule has 8 nitrogen and oxygen atoms in total. The highest BCUT2D eigenvalue weighted by molar-refractivity contribution is 7.09. The number of piperidine rings is 1. The Morgan fingerprint density at radius 2 is 2.28 bits per heavy atom. The van der Waals surface area contributed by atoms with Gasteiger partial charge in [-0.05, 0) is 56.5 Å². The largest absolute Gasteiger partial charge is 0.355 e. The lowest BCUT2D eigenvalue weighted by molar-refractivity contribution is 0.0698. The van der Waals surface area contributed by atoms with Crippen LogP contribution in [0, 0.1) is 12.8 Å². The maximum absolute atomic E-state index is 13.3. The topological polar surface area (TPSA) is 101 Å². The zero-order chi connectivity index (χ0) is 20.0. The molecule has 3 aromatic heterocycles. The predicted molar refractivity (Wildman–Crippen MR) is 108 cm³/mol. The molecule has 0 radical (unpaired) electrons. The van der Waals surface area contributed by atoms with Gasteiger partial charge in [0.25, 0.3) is 5.91 Å². The average Bonchev–Trinajstić information content (AvgIpc) is 3.46. The molecule has 3 aromatic rings. The van der Waals surface area contributed by atoms with E-state index in [-0.39, 0.29) is 11.8 Å². The van der Waals surface area contributed by atoms with Crippen molar-refractivity contribution in [1.29, 1.82) is 0 Å². The maximum Gasteiger partial charge on any atom is 0.274 e.